The van der Waals surface area contributed by atoms with E-state index in [4.69, 9.17) is 0 Å². The Morgan fingerprint density at radius 2 is 1.62 bits per heavy atom. The Morgan fingerprint density at radius 1 is 0.938 bits per heavy atom. The van der Waals surface area contributed by atoms with Crippen LogP contribution in [0.1, 0.15) is 17.3 Å². The van der Waals surface area contributed by atoms with E-state index in [1.54, 1.807) is 24.3 Å². The van der Waals surface area contributed by atoms with Crippen LogP contribution in [0.4, 0.5) is 5.69 Å². The van der Waals surface area contributed by atoms with Crippen molar-refractivity contribution in [2.45, 2.75) is 12.1 Å². The van der Waals surface area contributed by atoms with Gasteiger partial charge in [-0.05, 0) is 42.5 Å². The quantitative estimate of drug-likeness (QED) is 0.259. The number of rotatable bonds is 7. The van der Waals surface area contributed by atoms with Crippen LogP contribution in [0.15, 0.2) is 88.5 Å². The minimum atomic E-state index is -0.152. The lowest BCUT2D eigenvalue weighted by atomic mass is 10.1. The van der Waals surface area contributed by atoms with E-state index in [1.165, 1.54) is 18.7 Å². The van der Waals surface area contributed by atoms with Crippen molar-refractivity contribution < 1.29 is 9.59 Å². The zero-order valence-corrected chi connectivity index (χ0v) is 19.6. The van der Waals surface area contributed by atoms with Gasteiger partial charge < -0.3 is 5.32 Å². The molecule has 0 atom stereocenters. The summed E-state index contributed by atoms with van der Waals surface area (Å²) in [6.07, 6.45) is 0. The Bertz CT molecular complexity index is 1260. The van der Waals surface area contributed by atoms with Crippen molar-refractivity contribution in [1.82, 2.24) is 14.8 Å². The van der Waals surface area contributed by atoms with Crippen LogP contribution in [0.2, 0.25) is 0 Å². The Kier molecular flexibility index (Phi) is 6.82. The molecule has 3 aromatic carbocycles. The molecule has 0 spiro atoms. The number of anilines is 1. The second kappa shape index (κ2) is 9.93. The Hall–Kier alpha value is -3.23. The Labute approximate surface area is 198 Å². The SMILES string of the molecule is CC(=O)Nc1ccc(C(=O)CSc2nnc(-c3ccccc3Br)n2-c2ccccc2)cc1. The normalized spacial score (nSPS) is 10.7. The number of Topliss-reactive ketones (excluding diaryl/α,β-unsaturated/α-hetero) is 1. The second-order valence-corrected chi connectivity index (χ2v) is 8.72. The van der Waals surface area contributed by atoms with E-state index in [2.05, 4.69) is 31.4 Å². The minimum absolute atomic E-state index is 0.0329. The third-order valence-electron chi connectivity index (χ3n) is 4.62. The van der Waals surface area contributed by atoms with E-state index in [-0.39, 0.29) is 17.4 Å². The Balaban J connectivity index is 1.59. The summed E-state index contributed by atoms with van der Waals surface area (Å²) in [5.74, 6) is 0.717. The first-order chi connectivity index (χ1) is 15.5. The van der Waals surface area contributed by atoms with Crippen LogP contribution >= 0.6 is 27.7 Å². The maximum atomic E-state index is 12.8. The highest BCUT2D eigenvalue weighted by Crippen LogP contribution is 2.32. The number of amides is 1. The standard InChI is InChI=1S/C24H19BrN4O2S/c1-16(30)26-18-13-11-17(12-14-18)22(31)15-32-24-28-27-23(20-9-5-6-10-21(20)25)29(24)19-7-3-2-4-8-19/h2-14H,15H2,1H3,(H,26,30). The van der Waals surface area contributed by atoms with Crippen molar-refractivity contribution in [3.63, 3.8) is 0 Å². The maximum Gasteiger partial charge on any atom is 0.221 e. The fraction of sp³-hybridized carbons (Fsp3) is 0.0833. The lowest BCUT2D eigenvalue weighted by Gasteiger charge is -2.11. The molecule has 0 radical (unpaired) electrons. The molecule has 0 saturated heterocycles. The molecule has 8 heteroatoms. The number of carbonyl (C=O) groups is 2. The van der Waals surface area contributed by atoms with Crippen molar-refractivity contribution in [3.05, 3.63) is 88.9 Å². The average Bonchev–Trinajstić information content (AvgIpc) is 3.22. The van der Waals surface area contributed by atoms with Gasteiger partial charge in [-0.3, -0.25) is 14.2 Å². The number of benzene rings is 3. The first kappa shape index (κ1) is 22.0. The molecule has 0 aliphatic heterocycles. The highest BCUT2D eigenvalue weighted by atomic mass is 79.9. The molecule has 160 valence electrons. The van der Waals surface area contributed by atoms with Gasteiger partial charge in [-0.1, -0.05) is 64.1 Å². The zero-order valence-electron chi connectivity index (χ0n) is 17.2. The number of nitrogens with zero attached hydrogens (tertiary/aromatic N) is 3. The highest BCUT2D eigenvalue weighted by molar-refractivity contribution is 9.10. The van der Waals surface area contributed by atoms with Crippen molar-refractivity contribution in [1.29, 1.82) is 0 Å². The average molecular weight is 507 g/mol. The predicted octanol–water partition coefficient (Wildman–Crippen LogP) is 5.63. The van der Waals surface area contributed by atoms with Crippen molar-refractivity contribution in [2.75, 3.05) is 11.1 Å². The van der Waals surface area contributed by atoms with Crippen molar-refractivity contribution in [3.8, 4) is 17.1 Å². The molecule has 4 rings (SSSR count). The maximum absolute atomic E-state index is 12.8. The third-order valence-corrected chi connectivity index (χ3v) is 6.24. The largest absolute Gasteiger partial charge is 0.326 e. The van der Waals surface area contributed by atoms with E-state index < -0.39 is 0 Å². The van der Waals surface area contributed by atoms with Crippen LogP contribution in [-0.2, 0) is 4.79 Å². The fourth-order valence-corrected chi connectivity index (χ4v) is 4.45. The molecule has 0 fully saturated rings. The van der Waals surface area contributed by atoms with Gasteiger partial charge in [0, 0.05) is 33.9 Å². The van der Waals surface area contributed by atoms with E-state index in [0.717, 1.165) is 15.7 Å². The van der Waals surface area contributed by atoms with E-state index in [0.29, 0.717) is 22.2 Å². The van der Waals surface area contributed by atoms with Crippen LogP contribution in [0.5, 0.6) is 0 Å². The first-order valence-electron chi connectivity index (χ1n) is 9.82. The summed E-state index contributed by atoms with van der Waals surface area (Å²) < 4.78 is 2.87. The second-order valence-electron chi connectivity index (χ2n) is 6.93. The van der Waals surface area contributed by atoms with Gasteiger partial charge in [-0.2, -0.15) is 0 Å². The molecule has 0 aliphatic carbocycles. The van der Waals surface area contributed by atoms with Gasteiger partial charge in [0.15, 0.2) is 16.8 Å². The first-order valence-corrected chi connectivity index (χ1v) is 11.6. The minimum Gasteiger partial charge on any atom is -0.326 e. The fourth-order valence-electron chi connectivity index (χ4n) is 3.15. The van der Waals surface area contributed by atoms with E-state index in [9.17, 15) is 9.59 Å². The van der Waals surface area contributed by atoms with E-state index in [1.807, 2.05) is 59.2 Å². The Morgan fingerprint density at radius 3 is 2.31 bits per heavy atom. The molecule has 1 heterocycles. The third kappa shape index (κ3) is 4.98. The lowest BCUT2D eigenvalue weighted by Crippen LogP contribution is -2.07. The van der Waals surface area contributed by atoms with Crippen LogP contribution in [-0.4, -0.2) is 32.2 Å². The summed E-state index contributed by atoms with van der Waals surface area (Å²) in [6.45, 7) is 1.45. The molecular formula is C24H19BrN4O2S. The monoisotopic (exact) mass is 506 g/mol. The number of hydrogen-bond donors (Lipinski definition) is 1. The van der Waals surface area contributed by atoms with Crippen molar-refractivity contribution >= 4 is 45.1 Å². The van der Waals surface area contributed by atoms with Crippen LogP contribution in [0.25, 0.3) is 17.1 Å². The summed E-state index contributed by atoms with van der Waals surface area (Å²) in [7, 11) is 0. The smallest absolute Gasteiger partial charge is 0.221 e. The molecular weight excluding hydrogens is 488 g/mol. The van der Waals surface area contributed by atoms with Crippen LogP contribution < -0.4 is 5.32 Å². The van der Waals surface area contributed by atoms with Gasteiger partial charge in [0.2, 0.25) is 5.91 Å². The molecule has 1 amide bonds. The number of ketones is 1. The molecule has 4 aromatic rings. The van der Waals surface area contributed by atoms with E-state index >= 15 is 0 Å². The van der Waals surface area contributed by atoms with Gasteiger partial charge in [0.1, 0.15) is 0 Å². The predicted molar refractivity (Wildman–Crippen MR) is 130 cm³/mol. The number of para-hydroxylation sites is 1. The number of hydrogen-bond acceptors (Lipinski definition) is 5. The molecule has 32 heavy (non-hydrogen) atoms. The van der Waals surface area contributed by atoms with Gasteiger partial charge >= 0.3 is 0 Å². The number of halogens is 1. The zero-order chi connectivity index (χ0) is 22.5. The van der Waals surface area contributed by atoms with Gasteiger partial charge in [-0.25, -0.2) is 0 Å². The van der Waals surface area contributed by atoms with Gasteiger partial charge in [-0.15, -0.1) is 10.2 Å². The summed E-state index contributed by atoms with van der Waals surface area (Å²) >= 11 is 4.93. The number of aromatic nitrogens is 3. The highest BCUT2D eigenvalue weighted by Gasteiger charge is 2.19. The topological polar surface area (TPSA) is 76.9 Å². The van der Waals surface area contributed by atoms with Gasteiger partial charge in [0.25, 0.3) is 0 Å². The summed E-state index contributed by atoms with van der Waals surface area (Å²) in [5, 5.41) is 12.1. The molecule has 0 unspecified atom stereocenters. The number of carbonyl (C=O) groups excluding carboxylic acids is 2. The number of thioether (sulfide) groups is 1. The number of nitrogens with one attached hydrogen (secondary N) is 1. The molecule has 1 N–H and O–H groups in total. The summed E-state index contributed by atoms with van der Waals surface area (Å²) in [4.78, 5) is 23.9. The molecule has 0 bridgehead atoms. The van der Waals surface area contributed by atoms with Crippen LogP contribution in [0, 0.1) is 0 Å². The summed E-state index contributed by atoms with van der Waals surface area (Å²) in [6, 6.07) is 24.5. The molecule has 1 aromatic heterocycles. The molecule has 0 aliphatic rings. The lowest BCUT2D eigenvalue weighted by molar-refractivity contribution is -0.114. The molecule has 6 nitrogen and oxygen atoms in total. The van der Waals surface area contributed by atoms with Crippen molar-refractivity contribution in [2.24, 2.45) is 0 Å². The summed E-state index contributed by atoms with van der Waals surface area (Å²) in [5.41, 5.74) is 3.06. The van der Waals surface area contributed by atoms with Crippen LogP contribution in [0.3, 0.4) is 0 Å². The molecule has 0 saturated carbocycles. The van der Waals surface area contributed by atoms with Gasteiger partial charge in [0.05, 0.1) is 5.75 Å².